The molecule has 3 aliphatic rings. The van der Waals surface area contributed by atoms with Crippen molar-refractivity contribution < 1.29 is 23.5 Å². The van der Waals surface area contributed by atoms with Crippen LogP contribution in [0.15, 0.2) is 28.4 Å². The van der Waals surface area contributed by atoms with E-state index in [-0.39, 0.29) is 41.7 Å². The monoisotopic (exact) mass is 595 g/mol. The predicted octanol–water partition coefficient (Wildman–Crippen LogP) is 4.16. The first-order chi connectivity index (χ1) is 20.0. The fraction of sp³-hybridized carbons (Fsp3) is 0.448. The molecule has 11 nitrogen and oxygen atoms in total. The Morgan fingerprint density at radius 3 is 2.26 bits per heavy atom. The fourth-order valence-electron chi connectivity index (χ4n) is 4.68. The Morgan fingerprint density at radius 2 is 1.69 bits per heavy atom. The molecule has 13 heteroatoms. The molecule has 1 aliphatic carbocycles. The molecule has 1 aromatic carbocycles. The minimum Gasteiger partial charge on any atom is -0.481 e. The van der Waals surface area contributed by atoms with Gasteiger partial charge in [-0.1, -0.05) is 17.7 Å². The standard InChI is InChI=1S/C19H15FN2O4.C10H19N5S/c1-2-7-21-15-9-14(13(20)8-16(15)26-10-17(21)23)22-18(24)11-5-3-4-6-12(11)19(22)25;1-6-11-7-12-8(15-10(2,3)4)14-9(13-7)16-5/h1,8-9H,3-7,10H2;6H2,1-5H3,(H2,11,12,13,14,15). The second-order valence-electron chi connectivity index (χ2n) is 10.7. The van der Waals surface area contributed by atoms with Crippen LogP contribution in [-0.2, 0) is 14.4 Å². The summed E-state index contributed by atoms with van der Waals surface area (Å²) < 4.78 is 19.9. The Labute approximate surface area is 248 Å². The number of rotatable bonds is 6. The van der Waals surface area contributed by atoms with Crippen LogP contribution in [0.5, 0.6) is 5.75 Å². The number of ether oxygens (including phenoxy) is 1. The summed E-state index contributed by atoms with van der Waals surface area (Å²) in [5.74, 6) is 1.64. The van der Waals surface area contributed by atoms with Crippen molar-refractivity contribution in [2.24, 2.45) is 0 Å². The number of thioether (sulfide) groups is 1. The second kappa shape index (κ2) is 12.8. The van der Waals surface area contributed by atoms with E-state index in [1.165, 1.54) is 22.7 Å². The summed E-state index contributed by atoms with van der Waals surface area (Å²) in [6.45, 7) is 8.77. The molecule has 0 fully saturated rings. The lowest BCUT2D eigenvalue weighted by molar-refractivity contribution is -0.121. The molecule has 2 N–H and O–H groups in total. The lowest BCUT2D eigenvalue weighted by atomic mass is 9.93. The highest BCUT2D eigenvalue weighted by atomic mass is 32.2. The molecule has 1 aromatic heterocycles. The molecule has 0 saturated heterocycles. The quantitative estimate of drug-likeness (QED) is 0.285. The third-order valence-corrected chi connectivity index (χ3v) is 7.02. The van der Waals surface area contributed by atoms with Crippen molar-refractivity contribution in [3.05, 3.63) is 29.1 Å². The molecule has 0 atom stereocenters. The number of carbonyl (C=O) groups is 3. The van der Waals surface area contributed by atoms with E-state index in [9.17, 15) is 18.8 Å². The van der Waals surface area contributed by atoms with E-state index in [2.05, 4.69) is 52.3 Å². The van der Waals surface area contributed by atoms with Crippen LogP contribution < -0.4 is 25.2 Å². The van der Waals surface area contributed by atoms with Gasteiger partial charge in [0.15, 0.2) is 17.6 Å². The lowest BCUT2D eigenvalue weighted by Crippen LogP contribution is -2.39. The van der Waals surface area contributed by atoms with Gasteiger partial charge in [0, 0.05) is 29.3 Å². The minimum absolute atomic E-state index is 0.0170. The lowest BCUT2D eigenvalue weighted by Gasteiger charge is -2.29. The number of hydrogen-bond acceptors (Lipinski definition) is 10. The molecule has 0 spiro atoms. The van der Waals surface area contributed by atoms with Gasteiger partial charge in [0.2, 0.25) is 11.9 Å². The number of hydrogen-bond donors (Lipinski definition) is 2. The van der Waals surface area contributed by atoms with Crippen LogP contribution in [0.4, 0.5) is 27.7 Å². The van der Waals surface area contributed by atoms with E-state index in [1.807, 2.05) is 13.2 Å². The summed E-state index contributed by atoms with van der Waals surface area (Å²) >= 11 is 1.51. The smallest absolute Gasteiger partial charge is 0.265 e. The number of anilines is 4. The summed E-state index contributed by atoms with van der Waals surface area (Å²) in [6, 6.07) is 2.37. The fourth-order valence-corrected chi connectivity index (χ4v) is 5.04. The maximum absolute atomic E-state index is 14.7. The Bertz CT molecular complexity index is 1450. The van der Waals surface area contributed by atoms with Gasteiger partial charge >= 0.3 is 0 Å². The number of nitrogens with zero attached hydrogens (tertiary/aromatic N) is 5. The molecule has 2 aliphatic heterocycles. The molecule has 0 radical (unpaired) electrons. The zero-order valence-electron chi connectivity index (χ0n) is 24.3. The van der Waals surface area contributed by atoms with E-state index in [0.717, 1.165) is 35.5 Å². The van der Waals surface area contributed by atoms with Gasteiger partial charge in [0.1, 0.15) is 5.75 Å². The number of terminal acetylenes is 1. The van der Waals surface area contributed by atoms with Crippen LogP contribution in [0.2, 0.25) is 0 Å². The van der Waals surface area contributed by atoms with Gasteiger partial charge in [-0.05, 0) is 65.7 Å². The van der Waals surface area contributed by atoms with Gasteiger partial charge in [-0.3, -0.25) is 19.3 Å². The number of aromatic nitrogens is 3. The van der Waals surface area contributed by atoms with Crippen molar-refractivity contribution >= 4 is 52.8 Å². The Kier molecular flexibility index (Phi) is 9.36. The SMILES string of the molecule is C#CCN1C(=O)COc2cc(F)c(N3C(=O)C4=C(CCCC4)C3=O)cc21.CCNc1nc(NC(C)(C)C)nc(SC)n1. The number of amides is 3. The third kappa shape index (κ3) is 6.65. The number of nitrogens with one attached hydrogen (secondary N) is 2. The molecule has 3 amide bonds. The number of imide groups is 1. The van der Waals surface area contributed by atoms with Crippen molar-refractivity contribution in [2.45, 2.75) is 64.1 Å². The summed E-state index contributed by atoms with van der Waals surface area (Å²) in [4.78, 5) is 52.4. The zero-order valence-corrected chi connectivity index (χ0v) is 25.2. The molecule has 0 unspecified atom stereocenters. The van der Waals surface area contributed by atoms with Crippen LogP contribution in [0, 0.1) is 18.2 Å². The van der Waals surface area contributed by atoms with Crippen LogP contribution in [0.3, 0.4) is 0 Å². The molecule has 5 rings (SSSR count). The highest BCUT2D eigenvalue weighted by Gasteiger charge is 2.41. The van der Waals surface area contributed by atoms with Crippen LogP contribution in [-0.4, -0.2) is 64.2 Å². The van der Waals surface area contributed by atoms with Gasteiger partial charge in [-0.25, -0.2) is 9.29 Å². The Balaban J connectivity index is 0.000000219. The average Bonchev–Trinajstić information content (AvgIpc) is 3.19. The maximum Gasteiger partial charge on any atom is 0.265 e. The first kappa shape index (κ1) is 30.8. The van der Waals surface area contributed by atoms with E-state index in [1.54, 1.807) is 0 Å². The molecule has 3 heterocycles. The second-order valence-corrected chi connectivity index (χ2v) is 11.5. The van der Waals surface area contributed by atoms with E-state index >= 15 is 0 Å². The molecule has 0 bridgehead atoms. The van der Waals surface area contributed by atoms with Crippen LogP contribution in [0.25, 0.3) is 0 Å². The first-order valence-corrected chi connectivity index (χ1v) is 14.8. The van der Waals surface area contributed by atoms with Crippen LogP contribution in [0.1, 0.15) is 53.4 Å². The normalized spacial score (nSPS) is 16.3. The summed E-state index contributed by atoms with van der Waals surface area (Å²) in [5.41, 5.74) is 0.937. The highest BCUT2D eigenvalue weighted by Crippen LogP contribution is 2.41. The van der Waals surface area contributed by atoms with E-state index in [0.29, 0.717) is 35.9 Å². The van der Waals surface area contributed by atoms with Crippen molar-refractivity contribution in [1.29, 1.82) is 0 Å². The van der Waals surface area contributed by atoms with Crippen molar-refractivity contribution in [3.63, 3.8) is 0 Å². The number of benzene rings is 1. The Hall–Kier alpha value is -4.18. The minimum atomic E-state index is -0.764. The first-order valence-electron chi connectivity index (χ1n) is 13.6. The molecule has 0 saturated carbocycles. The van der Waals surface area contributed by atoms with Gasteiger partial charge < -0.3 is 15.4 Å². The summed E-state index contributed by atoms with van der Waals surface area (Å²) in [6.07, 6.45) is 9.96. The van der Waals surface area contributed by atoms with Crippen molar-refractivity contribution in [1.82, 2.24) is 15.0 Å². The van der Waals surface area contributed by atoms with E-state index in [4.69, 9.17) is 11.2 Å². The van der Waals surface area contributed by atoms with Crippen LogP contribution >= 0.6 is 11.8 Å². The zero-order chi connectivity index (χ0) is 30.6. The maximum atomic E-state index is 14.7. The van der Waals surface area contributed by atoms with Gasteiger partial charge in [-0.15, -0.1) is 6.42 Å². The topological polar surface area (TPSA) is 130 Å². The van der Waals surface area contributed by atoms with Crippen molar-refractivity contribution in [3.8, 4) is 18.1 Å². The molecular formula is C29H34FN7O4S. The summed E-state index contributed by atoms with van der Waals surface area (Å²) in [5, 5.41) is 7.05. The molecule has 42 heavy (non-hydrogen) atoms. The summed E-state index contributed by atoms with van der Waals surface area (Å²) in [7, 11) is 0. The molecule has 222 valence electrons. The largest absolute Gasteiger partial charge is 0.481 e. The van der Waals surface area contributed by atoms with E-state index < -0.39 is 17.6 Å². The van der Waals surface area contributed by atoms with Crippen molar-refractivity contribution in [2.75, 3.05) is 46.4 Å². The Morgan fingerprint density at radius 1 is 1.05 bits per heavy atom. The highest BCUT2D eigenvalue weighted by molar-refractivity contribution is 7.98. The van der Waals surface area contributed by atoms with Gasteiger partial charge in [0.05, 0.1) is 17.9 Å². The molecule has 2 aromatic rings. The van der Waals surface area contributed by atoms with Gasteiger partial charge in [-0.2, -0.15) is 15.0 Å². The molecular weight excluding hydrogens is 561 g/mol. The average molecular weight is 596 g/mol. The van der Waals surface area contributed by atoms with Gasteiger partial charge in [0.25, 0.3) is 17.7 Å². The number of fused-ring (bicyclic) bond motifs is 1. The predicted molar refractivity (Wildman–Crippen MR) is 160 cm³/mol. The number of halogens is 1. The number of carbonyl (C=O) groups excluding carboxylic acids is 3. The third-order valence-electron chi connectivity index (χ3n) is 6.47.